The fourth-order valence-corrected chi connectivity index (χ4v) is 2.76. The van der Waals surface area contributed by atoms with Crippen molar-refractivity contribution in [3.63, 3.8) is 0 Å². The van der Waals surface area contributed by atoms with Gasteiger partial charge in [-0.25, -0.2) is 0 Å². The highest BCUT2D eigenvalue weighted by molar-refractivity contribution is 6.74. The van der Waals surface area contributed by atoms with Crippen molar-refractivity contribution in [3.8, 4) is 5.75 Å². The number of rotatable bonds is 5. The van der Waals surface area contributed by atoms with Crippen LogP contribution < -0.4 is 4.74 Å². The molecule has 0 unspecified atom stereocenters. The van der Waals surface area contributed by atoms with Crippen molar-refractivity contribution in [1.29, 1.82) is 0 Å². The van der Waals surface area contributed by atoms with E-state index >= 15 is 0 Å². The van der Waals surface area contributed by atoms with Crippen LogP contribution in [-0.2, 0) is 11.0 Å². The molecule has 0 bridgehead atoms. The molecule has 0 saturated heterocycles. The van der Waals surface area contributed by atoms with Crippen LogP contribution >= 0.6 is 0 Å². The summed E-state index contributed by atoms with van der Waals surface area (Å²) in [6.45, 7) is 16.4. The molecule has 3 heteroatoms. The molecule has 0 spiro atoms. The standard InChI is InChI=1S/C17H30O2Si/c1-13(2)15-10-9-14(11-16(15)18-6)12-19-20(7,8)17(3,4)5/h9-11,13H,12H2,1-8H3. The Labute approximate surface area is 125 Å². The van der Waals surface area contributed by atoms with Crippen LogP contribution in [0.25, 0.3) is 0 Å². The van der Waals surface area contributed by atoms with Crippen molar-refractivity contribution >= 4 is 8.32 Å². The summed E-state index contributed by atoms with van der Waals surface area (Å²) >= 11 is 0. The molecular weight excluding hydrogens is 264 g/mol. The first-order valence-corrected chi connectivity index (χ1v) is 10.3. The summed E-state index contributed by atoms with van der Waals surface area (Å²) in [4.78, 5) is 0. The molecule has 0 N–H and O–H groups in total. The number of ether oxygens (including phenoxy) is 1. The van der Waals surface area contributed by atoms with Gasteiger partial charge in [-0.1, -0.05) is 46.8 Å². The largest absolute Gasteiger partial charge is 0.496 e. The number of hydrogen-bond acceptors (Lipinski definition) is 2. The molecule has 1 aromatic carbocycles. The molecule has 0 heterocycles. The first-order chi connectivity index (χ1) is 9.08. The van der Waals surface area contributed by atoms with Gasteiger partial charge in [0.2, 0.25) is 0 Å². The monoisotopic (exact) mass is 294 g/mol. The summed E-state index contributed by atoms with van der Waals surface area (Å²) in [5, 5.41) is 0.245. The first-order valence-electron chi connectivity index (χ1n) is 7.39. The van der Waals surface area contributed by atoms with Crippen LogP contribution in [0.2, 0.25) is 18.1 Å². The molecule has 0 aliphatic carbocycles. The Kier molecular flexibility index (Phi) is 5.44. The lowest BCUT2D eigenvalue weighted by atomic mass is 10.0. The Morgan fingerprint density at radius 2 is 1.75 bits per heavy atom. The highest BCUT2D eigenvalue weighted by atomic mass is 28.4. The average molecular weight is 295 g/mol. The van der Waals surface area contributed by atoms with Crippen molar-refractivity contribution in [2.75, 3.05) is 7.11 Å². The van der Waals surface area contributed by atoms with Crippen LogP contribution in [0.5, 0.6) is 5.75 Å². The number of methoxy groups -OCH3 is 1. The maximum absolute atomic E-state index is 6.26. The number of hydrogen-bond donors (Lipinski definition) is 0. The minimum Gasteiger partial charge on any atom is -0.496 e. The van der Waals surface area contributed by atoms with Crippen LogP contribution in [0.4, 0.5) is 0 Å². The maximum Gasteiger partial charge on any atom is 0.192 e. The van der Waals surface area contributed by atoms with Crippen molar-refractivity contribution < 1.29 is 9.16 Å². The molecular formula is C17H30O2Si. The summed E-state index contributed by atoms with van der Waals surface area (Å²) in [6, 6.07) is 6.43. The van der Waals surface area contributed by atoms with Gasteiger partial charge in [-0.05, 0) is 41.2 Å². The predicted octanol–water partition coefficient (Wildman–Crippen LogP) is 5.34. The lowest BCUT2D eigenvalue weighted by molar-refractivity contribution is 0.275. The summed E-state index contributed by atoms with van der Waals surface area (Å²) in [7, 11) is 0.0443. The maximum atomic E-state index is 6.26. The lowest BCUT2D eigenvalue weighted by Gasteiger charge is -2.36. The fraction of sp³-hybridized carbons (Fsp3) is 0.647. The van der Waals surface area contributed by atoms with E-state index in [1.807, 2.05) is 0 Å². The minimum absolute atomic E-state index is 0.245. The van der Waals surface area contributed by atoms with E-state index in [1.165, 1.54) is 11.1 Å². The summed E-state index contributed by atoms with van der Waals surface area (Å²) in [5.41, 5.74) is 2.44. The van der Waals surface area contributed by atoms with E-state index in [0.29, 0.717) is 12.5 Å². The zero-order chi connectivity index (χ0) is 15.6. The summed E-state index contributed by atoms with van der Waals surface area (Å²) in [6.07, 6.45) is 0. The molecule has 2 nitrogen and oxygen atoms in total. The molecule has 1 rings (SSSR count). The molecule has 0 amide bonds. The highest BCUT2D eigenvalue weighted by Crippen LogP contribution is 2.37. The van der Waals surface area contributed by atoms with Crippen LogP contribution in [0.1, 0.15) is 51.7 Å². The van der Waals surface area contributed by atoms with Gasteiger partial charge < -0.3 is 9.16 Å². The number of benzene rings is 1. The quantitative estimate of drug-likeness (QED) is 0.682. The molecule has 0 saturated carbocycles. The Hall–Kier alpha value is -0.803. The third-order valence-electron chi connectivity index (χ3n) is 4.33. The molecule has 0 fully saturated rings. The van der Waals surface area contributed by atoms with Gasteiger partial charge in [-0.15, -0.1) is 0 Å². The van der Waals surface area contributed by atoms with Gasteiger partial charge in [-0.2, -0.15) is 0 Å². The van der Waals surface area contributed by atoms with E-state index in [2.05, 4.69) is 65.9 Å². The third-order valence-corrected chi connectivity index (χ3v) is 8.80. The zero-order valence-corrected chi connectivity index (χ0v) is 15.3. The molecule has 114 valence electrons. The smallest absolute Gasteiger partial charge is 0.192 e. The van der Waals surface area contributed by atoms with E-state index in [0.717, 1.165) is 5.75 Å². The normalized spacial score (nSPS) is 12.8. The topological polar surface area (TPSA) is 18.5 Å². The van der Waals surface area contributed by atoms with Crippen LogP contribution in [-0.4, -0.2) is 15.4 Å². The minimum atomic E-state index is -1.69. The van der Waals surface area contributed by atoms with E-state index in [4.69, 9.17) is 9.16 Å². The predicted molar refractivity (Wildman–Crippen MR) is 89.1 cm³/mol. The van der Waals surface area contributed by atoms with E-state index in [-0.39, 0.29) is 5.04 Å². The zero-order valence-electron chi connectivity index (χ0n) is 14.3. The van der Waals surface area contributed by atoms with Gasteiger partial charge in [0.1, 0.15) is 5.75 Å². The van der Waals surface area contributed by atoms with Crippen molar-refractivity contribution in [2.24, 2.45) is 0 Å². The molecule has 0 aromatic heterocycles. The van der Waals surface area contributed by atoms with Gasteiger partial charge in [0.25, 0.3) is 0 Å². The Bertz CT molecular complexity index is 445. The lowest BCUT2D eigenvalue weighted by Crippen LogP contribution is -2.40. The van der Waals surface area contributed by atoms with Crippen molar-refractivity contribution in [2.45, 2.75) is 65.3 Å². The van der Waals surface area contributed by atoms with Crippen LogP contribution in [0.3, 0.4) is 0 Å². The van der Waals surface area contributed by atoms with Gasteiger partial charge >= 0.3 is 0 Å². The Morgan fingerprint density at radius 1 is 1.15 bits per heavy atom. The van der Waals surface area contributed by atoms with E-state index in [9.17, 15) is 0 Å². The first kappa shape index (κ1) is 17.2. The molecule has 0 aliphatic heterocycles. The second-order valence-corrected chi connectivity index (χ2v) is 12.1. The van der Waals surface area contributed by atoms with Gasteiger partial charge in [0.05, 0.1) is 13.7 Å². The van der Waals surface area contributed by atoms with E-state index < -0.39 is 8.32 Å². The Morgan fingerprint density at radius 3 is 2.20 bits per heavy atom. The third kappa shape index (κ3) is 4.09. The van der Waals surface area contributed by atoms with E-state index in [1.54, 1.807) is 7.11 Å². The molecule has 0 atom stereocenters. The van der Waals surface area contributed by atoms with Crippen LogP contribution in [0.15, 0.2) is 18.2 Å². The average Bonchev–Trinajstić information content (AvgIpc) is 2.34. The SMILES string of the molecule is COc1cc(CO[Si](C)(C)C(C)(C)C)ccc1C(C)C. The van der Waals surface area contributed by atoms with Gasteiger partial charge in [0.15, 0.2) is 8.32 Å². The molecule has 20 heavy (non-hydrogen) atoms. The van der Waals surface area contributed by atoms with Gasteiger partial charge in [0, 0.05) is 0 Å². The Balaban J connectivity index is 2.85. The van der Waals surface area contributed by atoms with Crippen molar-refractivity contribution in [1.82, 2.24) is 0 Å². The van der Waals surface area contributed by atoms with Crippen LogP contribution in [0, 0.1) is 0 Å². The molecule has 1 aromatic rings. The van der Waals surface area contributed by atoms with Crippen molar-refractivity contribution in [3.05, 3.63) is 29.3 Å². The second kappa shape index (κ2) is 6.31. The second-order valence-electron chi connectivity index (χ2n) is 7.28. The molecule has 0 aliphatic rings. The molecule has 0 radical (unpaired) electrons. The van der Waals surface area contributed by atoms with Gasteiger partial charge in [-0.3, -0.25) is 0 Å². The summed E-state index contributed by atoms with van der Waals surface area (Å²) < 4.78 is 11.8. The highest BCUT2D eigenvalue weighted by Gasteiger charge is 2.37. The summed E-state index contributed by atoms with van der Waals surface area (Å²) in [5.74, 6) is 1.44. The fourth-order valence-electron chi connectivity index (χ4n) is 1.80.